The fourth-order valence-corrected chi connectivity index (χ4v) is 1.40. The first kappa shape index (κ1) is 15.7. The maximum atomic E-state index is 11.1. The summed E-state index contributed by atoms with van der Waals surface area (Å²) in [5.41, 5.74) is 7.97. The maximum Gasteiger partial charge on any atom is 0.553 e. The van der Waals surface area contributed by atoms with E-state index in [1.54, 1.807) is 6.92 Å². The molecule has 0 aliphatic heterocycles. The minimum Gasteiger partial charge on any atom is -0.333 e. The molecule has 0 bridgehead atoms. The highest BCUT2D eigenvalue weighted by molar-refractivity contribution is 5.71. The Labute approximate surface area is 99.2 Å². The zero-order valence-corrected chi connectivity index (χ0v) is 10.4. The van der Waals surface area contributed by atoms with Gasteiger partial charge in [0.05, 0.1) is 6.61 Å². The largest absolute Gasteiger partial charge is 0.553 e. The first-order chi connectivity index (χ1) is 7.73. The summed E-state index contributed by atoms with van der Waals surface area (Å²) < 4.78 is 9.09. The molecule has 0 fully saturated rings. The lowest BCUT2D eigenvalue weighted by atomic mass is 10.5. The van der Waals surface area contributed by atoms with Crippen LogP contribution < -0.4 is 11.2 Å². The molecule has 3 N–H and O–H groups in total. The van der Waals surface area contributed by atoms with Gasteiger partial charge in [0, 0.05) is 14.0 Å². The number of methoxy groups -OCH3 is 1. The molecule has 2 unspecified atom stereocenters. The summed E-state index contributed by atoms with van der Waals surface area (Å²) in [6, 6.07) is 0. The second-order valence-corrected chi connectivity index (χ2v) is 3.63. The van der Waals surface area contributed by atoms with Gasteiger partial charge in [0.1, 0.15) is 12.0 Å². The molecule has 0 saturated heterocycles. The van der Waals surface area contributed by atoms with Crippen molar-refractivity contribution in [3.63, 3.8) is 0 Å². The van der Waals surface area contributed by atoms with Gasteiger partial charge in [0.25, 0.3) is 5.91 Å². The molecule has 2 atom stereocenters. The number of nitrogens with two attached hydrogens (primary N) is 1. The van der Waals surface area contributed by atoms with E-state index >= 15 is 0 Å². The number of nitro groups is 1. The van der Waals surface area contributed by atoms with Crippen molar-refractivity contribution in [2.75, 3.05) is 27.5 Å². The monoisotopic (exact) mass is 251 g/mol. The molecule has 0 rings (SSSR count). The van der Waals surface area contributed by atoms with Gasteiger partial charge in [-0.25, -0.2) is 4.74 Å². The molecule has 0 saturated carbocycles. The van der Waals surface area contributed by atoms with Gasteiger partial charge in [0.15, 0.2) is 0 Å². The van der Waals surface area contributed by atoms with Crippen LogP contribution in [0, 0.1) is 10.1 Å². The first-order valence-electron chi connectivity index (χ1n) is 4.94. The summed E-state index contributed by atoms with van der Waals surface area (Å²) in [6.45, 7) is 2.60. The zero-order chi connectivity index (χ0) is 13.7. The number of nitrogens with zero attached hydrogens (tertiary/aromatic N) is 2. The van der Waals surface area contributed by atoms with Crippen molar-refractivity contribution in [3.8, 4) is 0 Å². The number of hydrogen-bond acceptors (Lipinski definition) is 6. The van der Waals surface area contributed by atoms with Crippen LogP contribution in [0.25, 0.3) is 0 Å². The molecular formula is C8H19N4O5+. The van der Waals surface area contributed by atoms with Crippen LogP contribution in [0.2, 0.25) is 0 Å². The highest BCUT2D eigenvalue weighted by Crippen LogP contribution is 2.17. The van der Waals surface area contributed by atoms with Crippen LogP contribution in [0.5, 0.6) is 0 Å². The van der Waals surface area contributed by atoms with Crippen LogP contribution in [0.4, 0.5) is 0 Å². The summed E-state index contributed by atoms with van der Waals surface area (Å²) in [7, 11) is 2.67. The Balaban J connectivity index is 5.35. The predicted molar refractivity (Wildman–Crippen MR) is 57.4 cm³/mol. The van der Waals surface area contributed by atoms with E-state index in [0.717, 1.165) is 0 Å². The number of carbonyl (C=O) groups excluding carboxylic acids is 1. The fourth-order valence-electron chi connectivity index (χ4n) is 1.40. The Morgan fingerprint density at radius 1 is 1.65 bits per heavy atom. The van der Waals surface area contributed by atoms with Gasteiger partial charge in [-0.1, -0.05) is 4.59 Å². The Kier molecular flexibility index (Phi) is 5.42. The van der Waals surface area contributed by atoms with E-state index in [1.807, 2.05) is 0 Å². The van der Waals surface area contributed by atoms with Crippen LogP contribution in [0.15, 0.2) is 0 Å². The van der Waals surface area contributed by atoms with Gasteiger partial charge in [0.2, 0.25) is 6.73 Å². The van der Waals surface area contributed by atoms with Crippen LogP contribution in [0.3, 0.4) is 0 Å². The minimum absolute atomic E-state index is 0.0224. The molecule has 100 valence electrons. The number of quaternary nitrogens is 1. The Hall–Kier alpha value is -1.29. The molecule has 0 heterocycles. The van der Waals surface area contributed by atoms with E-state index in [-0.39, 0.29) is 13.3 Å². The molecular weight excluding hydrogens is 232 g/mol. The van der Waals surface area contributed by atoms with Crippen molar-refractivity contribution in [2.45, 2.75) is 19.8 Å². The van der Waals surface area contributed by atoms with Crippen LogP contribution in [0.1, 0.15) is 13.8 Å². The SMILES string of the molecule is CCOC(N)([N+](=O)[O-])[N+](C)(COC)NC(C)=O. The Morgan fingerprint density at radius 2 is 2.18 bits per heavy atom. The van der Waals surface area contributed by atoms with Crippen molar-refractivity contribution in [1.29, 1.82) is 0 Å². The Morgan fingerprint density at radius 3 is 2.47 bits per heavy atom. The highest BCUT2D eigenvalue weighted by atomic mass is 16.7. The number of rotatable bonds is 7. The van der Waals surface area contributed by atoms with Crippen molar-refractivity contribution in [2.24, 2.45) is 5.73 Å². The Bertz CT molecular complexity index is 300. The van der Waals surface area contributed by atoms with E-state index in [4.69, 9.17) is 15.2 Å². The number of carbonyl (C=O) groups is 1. The number of hydrogen-bond donors (Lipinski definition) is 2. The average Bonchev–Trinajstić information content (AvgIpc) is 2.16. The summed E-state index contributed by atoms with van der Waals surface area (Å²) in [5.74, 6) is -2.79. The lowest BCUT2D eigenvalue weighted by Crippen LogP contribution is -2.78. The van der Waals surface area contributed by atoms with Gasteiger partial charge >= 0.3 is 5.97 Å². The van der Waals surface area contributed by atoms with Gasteiger partial charge < -0.3 is 4.74 Å². The van der Waals surface area contributed by atoms with Crippen molar-refractivity contribution < 1.29 is 23.8 Å². The highest BCUT2D eigenvalue weighted by Gasteiger charge is 2.60. The van der Waals surface area contributed by atoms with E-state index in [1.165, 1.54) is 21.1 Å². The van der Waals surface area contributed by atoms with Gasteiger partial charge in [-0.15, -0.1) is 0 Å². The number of ether oxygens (including phenoxy) is 2. The van der Waals surface area contributed by atoms with Crippen LogP contribution in [-0.4, -0.2) is 48.9 Å². The summed E-state index contributed by atoms with van der Waals surface area (Å²) >= 11 is 0. The van der Waals surface area contributed by atoms with Gasteiger partial charge in [-0.2, -0.15) is 11.2 Å². The van der Waals surface area contributed by atoms with E-state index < -0.39 is 21.4 Å². The smallest absolute Gasteiger partial charge is 0.333 e. The third kappa shape index (κ3) is 3.33. The van der Waals surface area contributed by atoms with E-state index in [2.05, 4.69) is 5.43 Å². The molecule has 0 aliphatic rings. The second kappa shape index (κ2) is 5.87. The molecule has 9 nitrogen and oxygen atoms in total. The zero-order valence-electron chi connectivity index (χ0n) is 10.4. The number of nitrogens with one attached hydrogen (secondary N) is 1. The third-order valence-corrected chi connectivity index (χ3v) is 2.12. The van der Waals surface area contributed by atoms with Crippen molar-refractivity contribution >= 4 is 5.91 Å². The van der Waals surface area contributed by atoms with Crippen LogP contribution >= 0.6 is 0 Å². The number of amides is 1. The normalized spacial score (nSPS) is 17.9. The fraction of sp³-hybridized carbons (Fsp3) is 0.875. The van der Waals surface area contributed by atoms with Crippen LogP contribution in [-0.2, 0) is 14.3 Å². The summed E-state index contributed by atoms with van der Waals surface area (Å²) in [5, 5.41) is 11.0. The second-order valence-electron chi connectivity index (χ2n) is 3.63. The predicted octanol–water partition coefficient (Wildman–Crippen LogP) is -1.03. The molecule has 0 aromatic heterocycles. The average molecular weight is 251 g/mol. The quantitative estimate of drug-likeness (QED) is 0.258. The van der Waals surface area contributed by atoms with E-state index in [0.29, 0.717) is 0 Å². The standard InChI is InChI=1S/C8H18N4O5/c1-5-17-8(9,11(14)15)12(3,6-16-4)10-7(2)13/h5-6,9H2,1-4H3/p+1. The summed E-state index contributed by atoms with van der Waals surface area (Å²) in [6.07, 6.45) is 0. The minimum atomic E-state index is -2.31. The topological polar surface area (TPSA) is 117 Å². The summed E-state index contributed by atoms with van der Waals surface area (Å²) in [4.78, 5) is 21.3. The lowest BCUT2D eigenvalue weighted by Gasteiger charge is -2.37. The molecule has 0 aromatic rings. The van der Waals surface area contributed by atoms with Gasteiger partial charge in [-0.05, 0) is 6.92 Å². The molecule has 17 heavy (non-hydrogen) atoms. The maximum absolute atomic E-state index is 11.1. The molecule has 0 aromatic carbocycles. The molecule has 0 spiro atoms. The van der Waals surface area contributed by atoms with E-state index in [9.17, 15) is 14.9 Å². The molecule has 0 radical (unpaired) electrons. The molecule has 0 aliphatic carbocycles. The van der Waals surface area contributed by atoms with Crippen molar-refractivity contribution in [3.05, 3.63) is 10.1 Å². The molecule has 9 heteroatoms. The lowest BCUT2D eigenvalue weighted by molar-refractivity contribution is -1.11. The van der Waals surface area contributed by atoms with Crippen molar-refractivity contribution in [1.82, 2.24) is 5.43 Å². The third-order valence-electron chi connectivity index (χ3n) is 2.12. The molecule has 1 amide bonds. The van der Waals surface area contributed by atoms with Gasteiger partial charge in [-0.3, -0.25) is 14.9 Å². The first-order valence-corrected chi connectivity index (χ1v) is 4.94.